The lowest BCUT2D eigenvalue weighted by Gasteiger charge is -2.22. The van der Waals surface area contributed by atoms with E-state index in [2.05, 4.69) is 6.07 Å². The third-order valence-electron chi connectivity index (χ3n) is 4.12. The fourth-order valence-electron chi connectivity index (χ4n) is 2.99. The molecule has 1 heterocycles. The van der Waals surface area contributed by atoms with E-state index in [-0.39, 0.29) is 27.9 Å². The highest BCUT2D eigenvalue weighted by atomic mass is 32.2. The van der Waals surface area contributed by atoms with Gasteiger partial charge < -0.3 is 0 Å². The lowest BCUT2D eigenvalue weighted by atomic mass is 9.80. The van der Waals surface area contributed by atoms with Crippen LogP contribution < -0.4 is 0 Å². The van der Waals surface area contributed by atoms with Crippen molar-refractivity contribution in [2.45, 2.75) is 29.9 Å². The summed E-state index contributed by atoms with van der Waals surface area (Å²) < 4.78 is 23.9. The molecule has 6 heteroatoms. The van der Waals surface area contributed by atoms with Crippen molar-refractivity contribution in [3.8, 4) is 6.07 Å². The Morgan fingerprint density at radius 3 is 2.43 bits per heavy atom. The molecular weight excluding hydrogens is 330 g/mol. The second-order valence-corrected chi connectivity index (χ2v) is 9.13. The highest BCUT2D eigenvalue weighted by Crippen LogP contribution is 2.41. The number of ketones is 1. The first-order chi connectivity index (χ1) is 10.8. The van der Waals surface area contributed by atoms with Crippen LogP contribution in [0.4, 0.5) is 0 Å². The third kappa shape index (κ3) is 2.82. The number of rotatable bonds is 2. The first kappa shape index (κ1) is 15.9. The van der Waals surface area contributed by atoms with E-state index >= 15 is 0 Å². The van der Waals surface area contributed by atoms with Crippen LogP contribution in [-0.2, 0) is 16.3 Å². The fourth-order valence-corrected chi connectivity index (χ4v) is 5.33. The van der Waals surface area contributed by atoms with E-state index in [4.69, 9.17) is 0 Å². The van der Waals surface area contributed by atoms with Gasteiger partial charge in [0.1, 0.15) is 15.2 Å². The summed E-state index contributed by atoms with van der Waals surface area (Å²) in [5.74, 6) is -0.195. The summed E-state index contributed by atoms with van der Waals surface area (Å²) in [4.78, 5) is 12.9. The topological polar surface area (TPSA) is 75.0 Å². The molecule has 0 N–H and O–H groups in total. The molecule has 0 bridgehead atoms. The zero-order valence-electron chi connectivity index (χ0n) is 12.8. The number of hydrogen-bond donors (Lipinski definition) is 0. The van der Waals surface area contributed by atoms with Crippen molar-refractivity contribution in [2.75, 3.05) is 6.26 Å². The van der Waals surface area contributed by atoms with Gasteiger partial charge in [-0.3, -0.25) is 4.79 Å². The molecule has 3 rings (SSSR count). The van der Waals surface area contributed by atoms with E-state index in [1.165, 1.54) is 0 Å². The molecule has 0 saturated carbocycles. The molecular formula is C17H15NO3S2. The quantitative estimate of drug-likeness (QED) is 0.837. The van der Waals surface area contributed by atoms with Crippen molar-refractivity contribution in [3.63, 3.8) is 0 Å². The molecule has 4 nitrogen and oxygen atoms in total. The Labute approximate surface area is 139 Å². The summed E-state index contributed by atoms with van der Waals surface area (Å²) in [6, 6.07) is 10.0. The minimum absolute atomic E-state index is 0.00953. The lowest BCUT2D eigenvalue weighted by Crippen LogP contribution is -2.19. The predicted molar refractivity (Wildman–Crippen MR) is 88.7 cm³/mol. The van der Waals surface area contributed by atoms with Crippen LogP contribution in [0.3, 0.4) is 0 Å². The van der Waals surface area contributed by atoms with Gasteiger partial charge >= 0.3 is 0 Å². The average molecular weight is 345 g/mol. The number of fused-ring (bicyclic) bond motifs is 1. The van der Waals surface area contributed by atoms with Crippen molar-refractivity contribution < 1.29 is 13.2 Å². The number of Topliss-reactive ketones (excluding diaryl/α,β-unsaturated/α-hetero) is 1. The standard InChI is InChI=1S/C17H15NO3S2/c1-10-3-5-11(6-4-10)12-7-13-15(9-18)22-17(23(2,20)21)16(13)14(19)8-12/h3-6,12H,7-8H2,1-2H3. The Balaban J connectivity index is 2.10. The largest absolute Gasteiger partial charge is 0.294 e. The normalized spacial score (nSPS) is 17.6. The van der Waals surface area contributed by atoms with E-state index < -0.39 is 9.84 Å². The number of carbonyl (C=O) groups excluding carboxylic acids is 1. The summed E-state index contributed by atoms with van der Waals surface area (Å²) in [5.41, 5.74) is 3.03. The molecule has 0 aliphatic heterocycles. The van der Waals surface area contributed by atoms with E-state index in [1.54, 1.807) is 0 Å². The maximum atomic E-state index is 12.6. The summed E-state index contributed by atoms with van der Waals surface area (Å²) >= 11 is 0.916. The number of sulfone groups is 1. The zero-order chi connectivity index (χ0) is 16.8. The van der Waals surface area contributed by atoms with Crippen LogP contribution in [0.25, 0.3) is 0 Å². The van der Waals surface area contributed by atoms with Gasteiger partial charge in [-0.2, -0.15) is 5.26 Å². The first-order valence-electron chi connectivity index (χ1n) is 7.17. The van der Waals surface area contributed by atoms with Gasteiger partial charge in [0.2, 0.25) is 0 Å². The van der Waals surface area contributed by atoms with Gasteiger partial charge in [0.15, 0.2) is 15.6 Å². The highest BCUT2D eigenvalue weighted by Gasteiger charge is 2.35. The highest BCUT2D eigenvalue weighted by molar-refractivity contribution is 7.92. The average Bonchev–Trinajstić information content (AvgIpc) is 2.87. The smallest absolute Gasteiger partial charge is 0.185 e. The minimum atomic E-state index is -3.51. The van der Waals surface area contributed by atoms with Crippen LogP contribution in [0, 0.1) is 18.3 Å². The maximum Gasteiger partial charge on any atom is 0.185 e. The van der Waals surface area contributed by atoms with Crippen molar-refractivity contribution >= 4 is 27.0 Å². The van der Waals surface area contributed by atoms with Crippen molar-refractivity contribution in [3.05, 3.63) is 51.4 Å². The second kappa shape index (κ2) is 5.59. The Bertz CT molecular complexity index is 931. The molecule has 118 valence electrons. The van der Waals surface area contributed by atoms with E-state index in [9.17, 15) is 18.5 Å². The molecule has 2 aromatic rings. The number of nitriles is 1. The van der Waals surface area contributed by atoms with Gasteiger partial charge in [-0.15, -0.1) is 11.3 Å². The Morgan fingerprint density at radius 1 is 1.22 bits per heavy atom. The Hall–Kier alpha value is -1.97. The van der Waals surface area contributed by atoms with Gasteiger partial charge in [-0.1, -0.05) is 29.8 Å². The fraction of sp³-hybridized carbons (Fsp3) is 0.294. The van der Waals surface area contributed by atoms with Gasteiger partial charge in [0, 0.05) is 12.7 Å². The van der Waals surface area contributed by atoms with Gasteiger partial charge in [0.25, 0.3) is 0 Å². The van der Waals surface area contributed by atoms with Crippen molar-refractivity contribution in [2.24, 2.45) is 0 Å². The number of aryl methyl sites for hydroxylation is 1. The van der Waals surface area contributed by atoms with Crippen molar-refractivity contribution in [1.82, 2.24) is 0 Å². The Morgan fingerprint density at radius 2 is 1.87 bits per heavy atom. The number of thiophene rings is 1. The maximum absolute atomic E-state index is 12.6. The summed E-state index contributed by atoms with van der Waals surface area (Å²) in [7, 11) is -3.51. The number of nitrogens with zero attached hydrogens (tertiary/aromatic N) is 1. The summed E-state index contributed by atoms with van der Waals surface area (Å²) in [5, 5.41) is 9.31. The summed E-state index contributed by atoms with van der Waals surface area (Å²) in [6.45, 7) is 2.00. The number of hydrogen-bond acceptors (Lipinski definition) is 5. The predicted octanol–water partition coefficient (Wildman–Crippen LogP) is 3.24. The zero-order valence-corrected chi connectivity index (χ0v) is 14.4. The molecule has 1 aliphatic rings. The Kier molecular flexibility index (Phi) is 3.86. The molecule has 0 amide bonds. The molecule has 0 spiro atoms. The third-order valence-corrected chi connectivity index (χ3v) is 7.09. The van der Waals surface area contributed by atoms with Crippen LogP contribution in [0.1, 0.15) is 44.3 Å². The molecule has 1 atom stereocenters. The van der Waals surface area contributed by atoms with Gasteiger partial charge in [-0.05, 0) is 30.4 Å². The van der Waals surface area contributed by atoms with E-state index in [0.717, 1.165) is 28.7 Å². The number of carbonyl (C=O) groups is 1. The van der Waals surface area contributed by atoms with Crippen molar-refractivity contribution in [1.29, 1.82) is 5.26 Å². The first-order valence-corrected chi connectivity index (χ1v) is 9.87. The van der Waals surface area contributed by atoms with Crippen LogP contribution in [0.5, 0.6) is 0 Å². The van der Waals surface area contributed by atoms with Crippen LogP contribution in [0.15, 0.2) is 28.5 Å². The molecule has 1 unspecified atom stereocenters. The van der Waals surface area contributed by atoms with Crippen LogP contribution >= 0.6 is 11.3 Å². The second-order valence-electron chi connectivity index (χ2n) is 5.90. The van der Waals surface area contributed by atoms with Gasteiger partial charge in [0.05, 0.1) is 5.56 Å². The SMILES string of the molecule is Cc1ccc(C2CC(=O)c3c(S(C)(=O)=O)sc(C#N)c3C2)cc1. The van der Waals surface area contributed by atoms with Crippen LogP contribution in [-0.4, -0.2) is 20.5 Å². The summed E-state index contributed by atoms with van der Waals surface area (Å²) in [6.07, 6.45) is 1.89. The monoisotopic (exact) mass is 345 g/mol. The molecule has 1 aromatic carbocycles. The molecule has 23 heavy (non-hydrogen) atoms. The van der Waals surface area contributed by atoms with Gasteiger partial charge in [-0.25, -0.2) is 8.42 Å². The molecule has 0 radical (unpaired) electrons. The lowest BCUT2D eigenvalue weighted by molar-refractivity contribution is 0.0961. The van der Waals surface area contributed by atoms with E-state index in [1.807, 2.05) is 31.2 Å². The molecule has 1 aliphatic carbocycles. The van der Waals surface area contributed by atoms with Crippen LogP contribution in [0.2, 0.25) is 0 Å². The number of benzene rings is 1. The van der Waals surface area contributed by atoms with E-state index in [0.29, 0.717) is 16.9 Å². The molecule has 1 aromatic heterocycles. The molecule has 0 saturated heterocycles. The molecule has 0 fully saturated rings. The minimum Gasteiger partial charge on any atom is -0.294 e.